The van der Waals surface area contributed by atoms with Crippen molar-refractivity contribution in [2.45, 2.75) is 44.9 Å². The minimum Gasteiger partial charge on any atom is -0.396 e. The SMILES string of the molecule is C=C(F)C(=O)CC12CC3CC(CC(CO)(C3)C1)C2. The first kappa shape index (κ1) is 12.3. The number of allylic oxidation sites excluding steroid dienone is 1. The summed E-state index contributed by atoms with van der Waals surface area (Å²) in [5, 5.41) is 9.71. The lowest BCUT2D eigenvalue weighted by Crippen LogP contribution is -2.53. The van der Waals surface area contributed by atoms with E-state index in [1.807, 2.05) is 0 Å². The third kappa shape index (κ3) is 1.83. The summed E-state index contributed by atoms with van der Waals surface area (Å²) in [4.78, 5) is 11.7. The number of carbonyl (C=O) groups is 1. The molecule has 4 aliphatic carbocycles. The lowest BCUT2D eigenvalue weighted by molar-refractivity contribution is -0.143. The minimum atomic E-state index is -0.802. The summed E-state index contributed by atoms with van der Waals surface area (Å²) < 4.78 is 13.0. The second-order valence-electron chi connectivity index (χ2n) is 7.12. The molecule has 0 amide bonds. The predicted molar refractivity (Wildman–Crippen MR) is 66.5 cm³/mol. The average molecular weight is 252 g/mol. The molecule has 2 nitrogen and oxygen atoms in total. The van der Waals surface area contributed by atoms with Crippen LogP contribution in [0.1, 0.15) is 44.9 Å². The van der Waals surface area contributed by atoms with E-state index in [4.69, 9.17) is 0 Å². The van der Waals surface area contributed by atoms with Crippen molar-refractivity contribution < 1.29 is 14.3 Å². The number of rotatable bonds is 4. The Labute approximate surface area is 107 Å². The quantitative estimate of drug-likeness (QED) is 0.781. The Morgan fingerprint density at radius 2 is 1.78 bits per heavy atom. The number of aliphatic hydroxyl groups excluding tert-OH is 1. The molecule has 4 fully saturated rings. The van der Waals surface area contributed by atoms with Crippen molar-refractivity contribution in [3.63, 3.8) is 0 Å². The van der Waals surface area contributed by atoms with Crippen LogP contribution in [0.25, 0.3) is 0 Å². The van der Waals surface area contributed by atoms with Gasteiger partial charge in [0.2, 0.25) is 0 Å². The fourth-order valence-electron chi connectivity index (χ4n) is 5.48. The molecule has 18 heavy (non-hydrogen) atoms. The predicted octanol–water partition coefficient (Wildman–Crippen LogP) is 3.01. The van der Waals surface area contributed by atoms with Crippen LogP contribution in [0, 0.1) is 22.7 Å². The van der Waals surface area contributed by atoms with Gasteiger partial charge in [-0.3, -0.25) is 4.79 Å². The molecule has 100 valence electrons. The van der Waals surface area contributed by atoms with Crippen molar-refractivity contribution >= 4 is 5.78 Å². The number of hydrogen-bond acceptors (Lipinski definition) is 2. The highest BCUT2D eigenvalue weighted by atomic mass is 19.1. The lowest BCUT2D eigenvalue weighted by atomic mass is 9.43. The highest BCUT2D eigenvalue weighted by Gasteiger charge is 2.57. The van der Waals surface area contributed by atoms with Gasteiger partial charge < -0.3 is 5.11 Å². The van der Waals surface area contributed by atoms with E-state index < -0.39 is 11.6 Å². The molecule has 4 aliphatic rings. The molecule has 1 N–H and O–H groups in total. The summed E-state index contributed by atoms with van der Waals surface area (Å²) in [6.45, 7) is 3.35. The molecule has 0 radical (unpaired) electrons. The fraction of sp³-hybridized carbons (Fsp3) is 0.800. The van der Waals surface area contributed by atoms with Crippen molar-refractivity contribution in [2.75, 3.05) is 6.61 Å². The molecular weight excluding hydrogens is 231 g/mol. The number of hydrogen-bond donors (Lipinski definition) is 1. The molecule has 0 heterocycles. The summed E-state index contributed by atoms with van der Waals surface area (Å²) >= 11 is 0. The molecule has 3 heteroatoms. The number of Topliss-reactive ketones (excluding diaryl/α,β-unsaturated/α-hetero) is 1. The molecule has 0 aliphatic heterocycles. The standard InChI is InChI=1S/C15H21FO2/c1-10(16)13(18)7-14-3-11-2-12(4-14)6-15(5-11,8-14)9-17/h11-12,17H,1-9H2. The molecule has 0 aromatic rings. The molecule has 0 aromatic heterocycles. The number of aliphatic hydroxyl groups is 1. The van der Waals surface area contributed by atoms with Gasteiger partial charge in [0.25, 0.3) is 0 Å². The second-order valence-corrected chi connectivity index (χ2v) is 7.12. The van der Waals surface area contributed by atoms with E-state index in [-0.39, 0.29) is 17.4 Å². The van der Waals surface area contributed by atoms with Crippen molar-refractivity contribution in [1.82, 2.24) is 0 Å². The number of halogens is 1. The first-order valence-electron chi connectivity index (χ1n) is 6.94. The number of ketones is 1. The Morgan fingerprint density at radius 1 is 1.22 bits per heavy atom. The summed E-state index contributed by atoms with van der Waals surface area (Å²) in [6.07, 6.45) is 6.75. The summed E-state index contributed by atoms with van der Waals surface area (Å²) in [6, 6.07) is 0. The van der Waals surface area contributed by atoms with Crippen LogP contribution < -0.4 is 0 Å². The average Bonchev–Trinajstić information content (AvgIpc) is 2.26. The van der Waals surface area contributed by atoms with Gasteiger partial charge in [0.1, 0.15) is 0 Å². The largest absolute Gasteiger partial charge is 0.396 e. The molecule has 2 unspecified atom stereocenters. The molecule has 0 aromatic carbocycles. The highest BCUT2D eigenvalue weighted by Crippen LogP contribution is 2.66. The van der Waals surface area contributed by atoms with Gasteiger partial charge in [0.05, 0.1) is 0 Å². The third-order valence-electron chi connectivity index (χ3n) is 5.48. The molecule has 0 spiro atoms. The highest BCUT2D eigenvalue weighted by molar-refractivity contribution is 5.93. The summed E-state index contributed by atoms with van der Waals surface area (Å²) in [7, 11) is 0. The molecule has 4 saturated carbocycles. The van der Waals surface area contributed by atoms with Crippen LogP contribution in [-0.2, 0) is 4.79 Å². The first-order valence-corrected chi connectivity index (χ1v) is 6.94. The Hall–Kier alpha value is -0.700. The Bertz CT molecular complexity index is 387. The van der Waals surface area contributed by atoms with E-state index >= 15 is 0 Å². The third-order valence-corrected chi connectivity index (χ3v) is 5.48. The lowest BCUT2D eigenvalue weighted by Gasteiger charge is -2.61. The zero-order valence-electron chi connectivity index (χ0n) is 10.8. The Kier molecular flexibility index (Phi) is 2.67. The molecule has 4 bridgehead atoms. The Morgan fingerprint density at radius 3 is 2.28 bits per heavy atom. The molecule has 0 saturated heterocycles. The monoisotopic (exact) mass is 252 g/mol. The topological polar surface area (TPSA) is 37.3 Å². The maximum absolute atomic E-state index is 13.0. The second kappa shape index (κ2) is 3.89. The Balaban J connectivity index is 1.84. The summed E-state index contributed by atoms with van der Waals surface area (Å²) in [5.74, 6) is 0.0481. The van der Waals surface area contributed by atoms with Gasteiger partial charge in [-0.25, -0.2) is 4.39 Å². The smallest absolute Gasteiger partial charge is 0.191 e. The van der Waals surface area contributed by atoms with E-state index in [1.165, 1.54) is 6.42 Å². The minimum absolute atomic E-state index is 0.0298. The maximum atomic E-state index is 13.0. The van der Waals surface area contributed by atoms with Crippen molar-refractivity contribution in [2.24, 2.45) is 22.7 Å². The van der Waals surface area contributed by atoms with Crippen LogP contribution in [-0.4, -0.2) is 17.5 Å². The van der Waals surface area contributed by atoms with Gasteiger partial charge in [0.15, 0.2) is 11.6 Å². The number of carbonyl (C=O) groups excluding carboxylic acids is 1. The van der Waals surface area contributed by atoms with Gasteiger partial charge in [-0.15, -0.1) is 0 Å². The van der Waals surface area contributed by atoms with Crippen LogP contribution in [0.2, 0.25) is 0 Å². The van der Waals surface area contributed by atoms with E-state index in [9.17, 15) is 14.3 Å². The van der Waals surface area contributed by atoms with Crippen LogP contribution in [0.3, 0.4) is 0 Å². The van der Waals surface area contributed by atoms with E-state index in [1.54, 1.807) is 0 Å². The van der Waals surface area contributed by atoms with Crippen LogP contribution in [0.15, 0.2) is 12.4 Å². The van der Waals surface area contributed by atoms with Crippen LogP contribution in [0.5, 0.6) is 0 Å². The van der Waals surface area contributed by atoms with E-state index in [0.717, 1.165) is 32.1 Å². The van der Waals surface area contributed by atoms with E-state index in [2.05, 4.69) is 6.58 Å². The van der Waals surface area contributed by atoms with Gasteiger partial charge in [0, 0.05) is 13.0 Å². The van der Waals surface area contributed by atoms with Gasteiger partial charge in [-0.2, -0.15) is 0 Å². The first-order chi connectivity index (χ1) is 8.46. The van der Waals surface area contributed by atoms with Crippen molar-refractivity contribution in [3.05, 3.63) is 12.4 Å². The van der Waals surface area contributed by atoms with Crippen LogP contribution >= 0.6 is 0 Å². The van der Waals surface area contributed by atoms with Gasteiger partial charge >= 0.3 is 0 Å². The summed E-state index contributed by atoms with van der Waals surface area (Å²) in [5.41, 5.74) is -0.0130. The maximum Gasteiger partial charge on any atom is 0.191 e. The van der Waals surface area contributed by atoms with E-state index in [0.29, 0.717) is 18.3 Å². The van der Waals surface area contributed by atoms with Gasteiger partial charge in [-0.05, 0) is 61.2 Å². The van der Waals surface area contributed by atoms with Crippen molar-refractivity contribution in [1.29, 1.82) is 0 Å². The molecule has 2 atom stereocenters. The van der Waals surface area contributed by atoms with Gasteiger partial charge in [-0.1, -0.05) is 6.58 Å². The molecule has 4 rings (SSSR count). The normalized spacial score (nSPS) is 45.2. The van der Waals surface area contributed by atoms with Crippen LogP contribution in [0.4, 0.5) is 4.39 Å². The zero-order valence-corrected chi connectivity index (χ0v) is 10.8. The zero-order chi connectivity index (χ0) is 13.0. The fourth-order valence-corrected chi connectivity index (χ4v) is 5.48. The van der Waals surface area contributed by atoms with Crippen molar-refractivity contribution in [3.8, 4) is 0 Å². The molecular formula is C15H21FO2.